The summed E-state index contributed by atoms with van der Waals surface area (Å²) < 4.78 is 5.41. The average Bonchev–Trinajstić information content (AvgIpc) is 2.53. The van der Waals surface area contributed by atoms with Gasteiger partial charge in [-0.3, -0.25) is 4.90 Å². The van der Waals surface area contributed by atoms with Crippen LogP contribution < -0.4 is 5.32 Å². The number of nitrogens with one attached hydrogen (secondary N) is 1. The van der Waals surface area contributed by atoms with E-state index in [0.29, 0.717) is 12.0 Å². The van der Waals surface area contributed by atoms with E-state index in [4.69, 9.17) is 4.74 Å². The van der Waals surface area contributed by atoms with Crippen LogP contribution in [0.1, 0.15) is 18.4 Å². The van der Waals surface area contributed by atoms with Gasteiger partial charge >= 0.3 is 6.09 Å². The van der Waals surface area contributed by atoms with Crippen LogP contribution in [0.15, 0.2) is 30.3 Å². The Hall–Kier alpha value is -1.59. The van der Waals surface area contributed by atoms with E-state index < -0.39 is 0 Å². The molecule has 1 aromatic rings. The Morgan fingerprint density at radius 1 is 1.23 bits per heavy atom. The molecule has 120 valence electrons. The van der Waals surface area contributed by atoms with Crippen molar-refractivity contribution in [1.29, 1.82) is 0 Å². The van der Waals surface area contributed by atoms with Crippen molar-refractivity contribution >= 4 is 6.09 Å². The van der Waals surface area contributed by atoms with Crippen LogP contribution in [0, 0.1) is 5.41 Å². The first kappa shape index (κ1) is 15.3. The number of rotatable bonds is 4. The average molecular weight is 303 g/mol. The van der Waals surface area contributed by atoms with E-state index in [2.05, 4.69) is 10.2 Å². The summed E-state index contributed by atoms with van der Waals surface area (Å²) in [6.45, 7) is 5.27. The predicted molar refractivity (Wildman–Crippen MR) is 85.4 cm³/mol. The van der Waals surface area contributed by atoms with E-state index in [0.717, 1.165) is 51.3 Å². The lowest BCUT2D eigenvalue weighted by atomic mass is 9.72. The zero-order chi connectivity index (χ0) is 15.4. The highest BCUT2D eigenvalue weighted by Crippen LogP contribution is 2.40. The lowest BCUT2D eigenvalue weighted by Crippen LogP contribution is -2.62. The molecule has 0 bridgehead atoms. The summed E-state index contributed by atoms with van der Waals surface area (Å²) in [7, 11) is 1.98. The summed E-state index contributed by atoms with van der Waals surface area (Å²) in [6, 6.07) is 9.83. The molecule has 0 unspecified atom stereocenters. The Kier molecular flexibility index (Phi) is 4.64. The second-order valence-electron chi connectivity index (χ2n) is 6.53. The zero-order valence-corrected chi connectivity index (χ0v) is 13.3. The summed E-state index contributed by atoms with van der Waals surface area (Å²) >= 11 is 0. The van der Waals surface area contributed by atoms with Crippen LogP contribution in [0.4, 0.5) is 4.79 Å². The Labute approximate surface area is 132 Å². The number of ether oxygens (including phenoxy) is 1. The third kappa shape index (κ3) is 3.42. The van der Waals surface area contributed by atoms with Crippen LogP contribution in [0.5, 0.6) is 0 Å². The molecule has 5 heteroatoms. The molecule has 3 rings (SSSR count). The Balaban J connectivity index is 1.41. The third-order valence-corrected chi connectivity index (χ3v) is 4.79. The molecule has 2 heterocycles. The van der Waals surface area contributed by atoms with E-state index in [1.807, 2.05) is 42.3 Å². The quantitative estimate of drug-likeness (QED) is 0.923. The van der Waals surface area contributed by atoms with Gasteiger partial charge in [0.1, 0.15) is 6.61 Å². The van der Waals surface area contributed by atoms with Crippen molar-refractivity contribution in [2.45, 2.75) is 19.4 Å². The number of likely N-dealkylation sites (tertiary alicyclic amines) is 2. The van der Waals surface area contributed by atoms with E-state index in [9.17, 15) is 4.79 Å². The maximum absolute atomic E-state index is 12.1. The molecule has 0 aromatic heterocycles. The SMILES string of the molecule is CNCN1CC2(CCN(C(=O)OCc3ccccc3)CC2)C1. The Bertz CT molecular complexity index is 490. The second kappa shape index (κ2) is 6.67. The molecule has 5 nitrogen and oxygen atoms in total. The van der Waals surface area contributed by atoms with Gasteiger partial charge in [0, 0.05) is 32.8 Å². The molecule has 0 atom stereocenters. The molecule has 2 aliphatic rings. The summed E-state index contributed by atoms with van der Waals surface area (Å²) in [6.07, 6.45) is 2.01. The molecule has 1 N–H and O–H groups in total. The molecule has 0 aliphatic carbocycles. The molecule has 2 fully saturated rings. The number of amides is 1. The van der Waals surface area contributed by atoms with Gasteiger partial charge in [-0.1, -0.05) is 30.3 Å². The molecular formula is C17H25N3O2. The van der Waals surface area contributed by atoms with Crippen molar-refractivity contribution in [3.8, 4) is 0 Å². The second-order valence-corrected chi connectivity index (χ2v) is 6.53. The maximum Gasteiger partial charge on any atom is 0.410 e. The fourth-order valence-corrected chi connectivity index (χ4v) is 3.53. The number of benzene rings is 1. The minimum absolute atomic E-state index is 0.176. The first-order valence-corrected chi connectivity index (χ1v) is 8.03. The predicted octanol–water partition coefficient (Wildman–Crippen LogP) is 1.90. The van der Waals surface area contributed by atoms with Crippen molar-refractivity contribution in [2.24, 2.45) is 5.41 Å². The highest BCUT2D eigenvalue weighted by Gasteiger charge is 2.45. The summed E-state index contributed by atoms with van der Waals surface area (Å²) in [4.78, 5) is 16.4. The van der Waals surface area contributed by atoms with E-state index >= 15 is 0 Å². The zero-order valence-electron chi connectivity index (χ0n) is 13.3. The van der Waals surface area contributed by atoms with E-state index in [1.165, 1.54) is 0 Å². The fourth-order valence-electron chi connectivity index (χ4n) is 3.53. The minimum Gasteiger partial charge on any atom is -0.445 e. The van der Waals surface area contributed by atoms with Crippen LogP contribution >= 0.6 is 0 Å². The lowest BCUT2D eigenvalue weighted by Gasteiger charge is -2.53. The van der Waals surface area contributed by atoms with Gasteiger partial charge in [0.25, 0.3) is 0 Å². The number of carbonyl (C=O) groups excluding carboxylic acids is 1. The minimum atomic E-state index is -0.176. The molecule has 1 aromatic carbocycles. The summed E-state index contributed by atoms with van der Waals surface area (Å²) in [5.41, 5.74) is 1.47. The molecule has 2 aliphatic heterocycles. The number of carbonyl (C=O) groups is 1. The highest BCUT2D eigenvalue weighted by molar-refractivity contribution is 5.67. The van der Waals surface area contributed by atoms with Crippen molar-refractivity contribution in [2.75, 3.05) is 39.9 Å². The van der Waals surface area contributed by atoms with Gasteiger partial charge in [-0.25, -0.2) is 4.79 Å². The van der Waals surface area contributed by atoms with Gasteiger partial charge < -0.3 is 15.0 Å². The smallest absolute Gasteiger partial charge is 0.410 e. The van der Waals surface area contributed by atoms with Crippen molar-refractivity contribution < 1.29 is 9.53 Å². The van der Waals surface area contributed by atoms with Crippen LogP contribution in [-0.4, -0.2) is 55.8 Å². The first-order chi connectivity index (χ1) is 10.7. The van der Waals surface area contributed by atoms with Crippen LogP contribution in [0.3, 0.4) is 0 Å². The summed E-state index contributed by atoms with van der Waals surface area (Å²) in [5.74, 6) is 0. The molecular weight excluding hydrogens is 278 g/mol. The molecule has 2 saturated heterocycles. The van der Waals surface area contributed by atoms with Crippen molar-refractivity contribution in [3.63, 3.8) is 0 Å². The van der Waals surface area contributed by atoms with Crippen LogP contribution in [0.2, 0.25) is 0 Å². The van der Waals surface area contributed by atoms with Crippen LogP contribution in [-0.2, 0) is 11.3 Å². The summed E-state index contributed by atoms with van der Waals surface area (Å²) in [5, 5.41) is 3.19. The number of nitrogens with zero attached hydrogens (tertiary/aromatic N) is 2. The van der Waals surface area contributed by atoms with Gasteiger partial charge in [-0.05, 0) is 30.9 Å². The topological polar surface area (TPSA) is 44.8 Å². The fraction of sp³-hybridized carbons (Fsp3) is 0.588. The lowest BCUT2D eigenvalue weighted by molar-refractivity contribution is -0.0476. The van der Waals surface area contributed by atoms with Gasteiger partial charge in [-0.15, -0.1) is 0 Å². The molecule has 1 amide bonds. The normalized spacial score (nSPS) is 20.7. The van der Waals surface area contributed by atoms with Crippen molar-refractivity contribution in [3.05, 3.63) is 35.9 Å². The highest BCUT2D eigenvalue weighted by atomic mass is 16.6. The molecule has 0 radical (unpaired) electrons. The van der Waals surface area contributed by atoms with E-state index in [1.54, 1.807) is 0 Å². The maximum atomic E-state index is 12.1. The van der Waals surface area contributed by atoms with Gasteiger partial charge in [0.15, 0.2) is 0 Å². The molecule has 0 saturated carbocycles. The third-order valence-electron chi connectivity index (χ3n) is 4.79. The molecule has 1 spiro atoms. The number of piperidine rings is 1. The number of hydrogen-bond acceptors (Lipinski definition) is 4. The monoisotopic (exact) mass is 303 g/mol. The number of hydrogen-bond donors (Lipinski definition) is 1. The van der Waals surface area contributed by atoms with Gasteiger partial charge in [0.2, 0.25) is 0 Å². The van der Waals surface area contributed by atoms with Crippen LogP contribution in [0.25, 0.3) is 0 Å². The van der Waals surface area contributed by atoms with Crippen molar-refractivity contribution in [1.82, 2.24) is 15.1 Å². The standard InChI is InChI=1S/C17H25N3O2/c1-18-14-19-12-17(13-19)7-9-20(10-8-17)16(21)22-11-15-5-3-2-4-6-15/h2-6,18H,7-14H2,1H3. The first-order valence-electron chi connectivity index (χ1n) is 8.03. The largest absolute Gasteiger partial charge is 0.445 e. The Morgan fingerprint density at radius 2 is 1.91 bits per heavy atom. The van der Waals surface area contributed by atoms with E-state index in [-0.39, 0.29) is 6.09 Å². The Morgan fingerprint density at radius 3 is 2.55 bits per heavy atom. The molecule has 22 heavy (non-hydrogen) atoms. The van der Waals surface area contributed by atoms with Gasteiger partial charge in [-0.2, -0.15) is 0 Å². The van der Waals surface area contributed by atoms with Gasteiger partial charge in [0.05, 0.1) is 0 Å².